The van der Waals surface area contributed by atoms with E-state index < -0.39 is 24.2 Å². The number of benzene rings is 2. The maximum absolute atomic E-state index is 13.1. The van der Waals surface area contributed by atoms with Crippen LogP contribution in [0, 0.1) is 0 Å². The highest BCUT2D eigenvalue weighted by Crippen LogP contribution is 2.47. The van der Waals surface area contributed by atoms with E-state index >= 15 is 0 Å². The second-order valence-corrected chi connectivity index (χ2v) is 8.74. The van der Waals surface area contributed by atoms with Crippen molar-refractivity contribution in [3.63, 3.8) is 0 Å². The first kappa shape index (κ1) is 23.2. The molecule has 0 saturated heterocycles. The first-order chi connectivity index (χ1) is 17.0. The average molecular weight is 481 g/mol. The molecule has 0 spiro atoms. The molecule has 3 N–H and O–H groups in total. The predicted molar refractivity (Wildman–Crippen MR) is 125 cm³/mol. The average Bonchev–Trinajstić information content (AvgIpc) is 3.50. The molecule has 4 unspecified atom stereocenters. The molecule has 1 aliphatic carbocycles. The molecule has 9 nitrogen and oxygen atoms in total. The van der Waals surface area contributed by atoms with Gasteiger partial charge in [0.2, 0.25) is 18.6 Å². The topological polar surface area (TPSA) is 118 Å². The Morgan fingerprint density at radius 2 is 1.91 bits per heavy atom. The maximum atomic E-state index is 13.1. The van der Waals surface area contributed by atoms with E-state index in [-0.39, 0.29) is 44.7 Å². The zero-order chi connectivity index (χ0) is 24.5. The van der Waals surface area contributed by atoms with Crippen molar-refractivity contribution in [3.05, 3.63) is 65.2 Å². The first-order valence-corrected chi connectivity index (χ1v) is 11.7. The van der Waals surface area contributed by atoms with Crippen LogP contribution in [0.1, 0.15) is 30.4 Å². The molecule has 2 aromatic rings. The van der Waals surface area contributed by atoms with Crippen LogP contribution in [0.15, 0.2) is 54.1 Å². The molecule has 4 atom stereocenters. The van der Waals surface area contributed by atoms with Gasteiger partial charge in [-0.25, -0.2) is 0 Å². The van der Waals surface area contributed by atoms with Gasteiger partial charge < -0.3 is 34.6 Å². The highest BCUT2D eigenvalue weighted by atomic mass is 16.7. The van der Waals surface area contributed by atoms with E-state index in [1.807, 2.05) is 30.3 Å². The van der Waals surface area contributed by atoms with E-state index in [1.54, 1.807) is 30.0 Å². The van der Waals surface area contributed by atoms with Crippen molar-refractivity contribution in [2.24, 2.45) is 0 Å². The molecule has 0 fully saturated rings. The molecule has 9 heteroatoms. The lowest BCUT2D eigenvalue weighted by molar-refractivity contribution is -0.137. The molecule has 184 valence electrons. The number of aliphatic hydroxyl groups is 2. The number of aliphatic hydroxyl groups excluding tert-OH is 2. The lowest BCUT2D eigenvalue weighted by Crippen LogP contribution is -2.55. The molecular weight excluding hydrogens is 452 g/mol. The summed E-state index contributed by atoms with van der Waals surface area (Å²) >= 11 is 0. The second-order valence-electron chi connectivity index (χ2n) is 8.74. The largest absolute Gasteiger partial charge is 0.486 e. The molecule has 35 heavy (non-hydrogen) atoms. The van der Waals surface area contributed by atoms with Gasteiger partial charge in [0.05, 0.1) is 18.6 Å². The van der Waals surface area contributed by atoms with Gasteiger partial charge in [0.15, 0.2) is 11.5 Å². The van der Waals surface area contributed by atoms with Crippen LogP contribution in [0.4, 0.5) is 0 Å². The number of amides is 2. The summed E-state index contributed by atoms with van der Waals surface area (Å²) in [6.45, 7) is 2.01. The third-order valence-electron chi connectivity index (χ3n) is 6.65. The number of hydrogen-bond donors (Lipinski definition) is 3. The monoisotopic (exact) mass is 480 g/mol. The molecule has 3 aliphatic rings. The number of carbonyl (C=O) groups excluding carboxylic acids is 2. The number of fused-ring (bicyclic) bond motifs is 4. The third kappa shape index (κ3) is 4.21. The van der Waals surface area contributed by atoms with Crippen LogP contribution in [0.2, 0.25) is 0 Å². The van der Waals surface area contributed by atoms with Crippen LogP contribution in [0.25, 0.3) is 0 Å². The summed E-state index contributed by atoms with van der Waals surface area (Å²) in [7, 11) is 0. The maximum Gasteiger partial charge on any atom is 0.247 e. The fourth-order valence-electron chi connectivity index (χ4n) is 4.99. The van der Waals surface area contributed by atoms with Gasteiger partial charge in [-0.2, -0.15) is 0 Å². The quantitative estimate of drug-likeness (QED) is 0.550. The molecule has 2 amide bonds. The van der Waals surface area contributed by atoms with Gasteiger partial charge in [-0.3, -0.25) is 9.59 Å². The lowest BCUT2D eigenvalue weighted by Gasteiger charge is -2.40. The Bertz CT molecular complexity index is 1160. The van der Waals surface area contributed by atoms with E-state index in [2.05, 4.69) is 5.32 Å². The van der Waals surface area contributed by atoms with Crippen molar-refractivity contribution in [3.8, 4) is 17.2 Å². The van der Waals surface area contributed by atoms with Crippen molar-refractivity contribution in [1.82, 2.24) is 10.2 Å². The van der Waals surface area contributed by atoms with E-state index in [1.165, 1.54) is 0 Å². The number of rotatable bonds is 7. The molecule has 0 aromatic heterocycles. The van der Waals surface area contributed by atoms with Crippen LogP contribution < -0.4 is 19.5 Å². The fraction of sp³-hybridized carbons (Fsp3) is 0.385. The van der Waals surface area contributed by atoms with Crippen LogP contribution in [0.3, 0.4) is 0 Å². The van der Waals surface area contributed by atoms with Gasteiger partial charge in [-0.1, -0.05) is 31.2 Å². The Morgan fingerprint density at radius 1 is 1.11 bits per heavy atom. The van der Waals surface area contributed by atoms with Crippen molar-refractivity contribution < 1.29 is 34.0 Å². The zero-order valence-corrected chi connectivity index (χ0v) is 19.3. The normalized spacial score (nSPS) is 23.6. The predicted octanol–water partition coefficient (Wildman–Crippen LogP) is 1.48. The van der Waals surface area contributed by atoms with Gasteiger partial charge >= 0.3 is 0 Å². The van der Waals surface area contributed by atoms with Crippen molar-refractivity contribution in [2.45, 2.75) is 44.1 Å². The third-order valence-corrected chi connectivity index (χ3v) is 6.65. The molecule has 5 rings (SSSR count). The molecular formula is C26H28N2O7. The lowest BCUT2D eigenvalue weighted by atomic mass is 9.77. The number of nitrogens with zero attached hydrogens (tertiary/aromatic N) is 1. The van der Waals surface area contributed by atoms with Crippen molar-refractivity contribution >= 4 is 11.8 Å². The smallest absolute Gasteiger partial charge is 0.247 e. The molecule has 2 aliphatic heterocycles. The first-order valence-electron chi connectivity index (χ1n) is 11.7. The van der Waals surface area contributed by atoms with Gasteiger partial charge in [-0.15, -0.1) is 0 Å². The summed E-state index contributed by atoms with van der Waals surface area (Å²) in [6.07, 6.45) is 0.0976. The van der Waals surface area contributed by atoms with E-state index in [4.69, 9.17) is 14.2 Å². The van der Waals surface area contributed by atoms with Gasteiger partial charge in [0.25, 0.3) is 0 Å². The number of hydrogen-bond acceptors (Lipinski definition) is 7. The number of para-hydroxylation sites is 1. The number of ether oxygens (including phenoxy) is 3. The minimum Gasteiger partial charge on any atom is -0.486 e. The van der Waals surface area contributed by atoms with E-state index in [0.717, 1.165) is 11.1 Å². The summed E-state index contributed by atoms with van der Waals surface area (Å²) in [5, 5.41) is 23.4. The van der Waals surface area contributed by atoms with E-state index in [9.17, 15) is 19.8 Å². The summed E-state index contributed by atoms with van der Waals surface area (Å²) in [5.41, 5.74) is 2.02. The highest BCUT2D eigenvalue weighted by Gasteiger charge is 2.50. The summed E-state index contributed by atoms with van der Waals surface area (Å²) in [5.74, 6) is 0.824. The second kappa shape index (κ2) is 9.59. The fourth-order valence-corrected chi connectivity index (χ4v) is 4.99. The minimum atomic E-state index is -1.06. The summed E-state index contributed by atoms with van der Waals surface area (Å²) in [4.78, 5) is 27.8. The van der Waals surface area contributed by atoms with Crippen molar-refractivity contribution in [1.29, 1.82) is 0 Å². The molecule has 2 heterocycles. The zero-order valence-electron chi connectivity index (χ0n) is 19.3. The van der Waals surface area contributed by atoms with Crippen LogP contribution in [0.5, 0.6) is 17.2 Å². The Kier molecular flexibility index (Phi) is 6.36. The van der Waals surface area contributed by atoms with E-state index in [0.29, 0.717) is 22.8 Å². The highest BCUT2D eigenvalue weighted by molar-refractivity contribution is 5.96. The molecule has 2 aromatic carbocycles. The van der Waals surface area contributed by atoms with Gasteiger partial charge in [0.1, 0.15) is 18.0 Å². The van der Waals surface area contributed by atoms with Gasteiger partial charge in [-0.05, 0) is 29.8 Å². The van der Waals surface area contributed by atoms with Gasteiger partial charge in [0, 0.05) is 30.6 Å². The molecule has 0 bridgehead atoms. The Labute approximate surface area is 202 Å². The molecule has 0 radical (unpaired) electrons. The SMILES string of the molecule is CCC(=O)N(Cc1ccc2c(c1)OCO2)C1C=C(C(=O)NCCO)C2c3ccccc3OC2C1O. The standard InChI is InChI=1S/C26H28N2O7/c1-2-22(30)28(13-15-7-8-20-21(11-15)34-14-33-20)18-12-17(26(32)27-9-10-29)23-16-5-3-4-6-19(16)35-25(23)24(18)31/h3-8,11-12,18,23-25,29,31H,2,9-10,13-14H2,1H3,(H,27,32). The summed E-state index contributed by atoms with van der Waals surface area (Å²) in [6, 6.07) is 12.0. The van der Waals surface area contributed by atoms with Crippen LogP contribution in [-0.4, -0.2) is 65.1 Å². The van der Waals surface area contributed by atoms with Crippen LogP contribution >= 0.6 is 0 Å². The summed E-state index contributed by atoms with van der Waals surface area (Å²) < 4.78 is 17.0. The Balaban J connectivity index is 1.52. The number of carbonyl (C=O) groups is 2. The number of nitrogens with one attached hydrogen (secondary N) is 1. The molecule has 0 saturated carbocycles. The Hall–Kier alpha value is -3.56. The van der Waals surface area contributed by atoms with Crippen molar-refractivity contribution in [2.75, 3.05) is 19.9 Å². The minimum absolute atomic E-state index is 0.0953. The Morgan fingerprint density at radius 3 is 2.71 bits per heavy atom. The van der Waals surface area contributed by atoms with Crippen LogP contribution in [-0.2, 0) is 16.1 Å².